The first-order valence-corrected chi connectivity index (χ1v) is 11.4. The maximum absolute atomic E-state index is 13.4. The van der Waals surface area contributed by atoms with Gasteiger partial charge in [0.2, 0.25) is 11.7 Å². The van der Waals surface area contributed by atoms with E-state index in [0.29, 0.717) is 22.5 Å². The van der Waals surface area contributed by atoms with E-state index in [4.69, 9.17) is 4.52 Å². The van der Waals surface area contributed by atoms with Crippen LogP contribution in [0.1, 0.15) is 11.3 Å². The Balaban J connectivity index is 1.59. The summed E-state index contributed by atoms with van der Waals surface area (Å²) in [5, 5.41) is 15.1. The first kappa shape index (κ1) is 22.6. The summed E-state index contributed by atoms with van der Waals surface area (Å²) >= 11 is 1.08. The average Bonchev–Trinajstić information content (AvgIpc) is 3.52. The maximum atomic E-state index is 13.4. The van der Waals surface area contributed by atoms with Gasteiger partial charge >= 0.3 is 5.69 Å². The Morgan fingerprint density at radius 1 is 1.14 bits per heavy atom. The number of hydrogen-bond acceptors (Lipinski definition) is 8. The number of fused-ring (bicyclic) bond motifs is 3. The van der Waals surface area contributed by atoms with Crippen LogP contribution in [0, 0.1) is 12.7 Å². The number of thioether (sulfide) groups is 1. The molecule has 0 saturated carbocycles. The average molecular weight is 499 g/mol. The lowest BCUT2D eigenvalue weighted by Gasteiger charge is -2.07. The fourth-order valence-corrected chi connectivity index (χ4v) is 4.51. The Morgan fingerprint density at radius 2 is 1.89 bits per heavy atom. The molecule has 5 rings (SSSR count). The number of aryl methyl sites for hydroxylation is 2. The molecule has 0 aliphatic carbocycles. The minimum absolute atomic E-state index is 0.0316. The number of imidazole rings is 1. The lowest BCUT2D eigenvalue weighted by molar-refractivity contribution is -0.113. The standard InChI is InChI=1S/C21H19FN8O4S/c1-11-8-14(26-34-11)23-15(31)10-35-20-25-24-19-29(9-12-4-6-13(22)7-5-12)16-17(30(19)20)27(2)21(33)28(3)18(16)32/h4-8H,9-10H2,1-3H3,(H,23,26,31). The molecule has 0 aliphatic rings. The number of halogens is 1. The minimum atomic E-state index is -0.521. The summed E-state index contributed by atoms with van der Waals surface area (Å²) in [7, 11) is 2.94. The van der Waals surface area contributed by atoms with Crippen LogP contribution in [-0.2, 0) is 25.4 Å². The predicted molar refractivity (Wildman–Crippen MR) is 125 cm³/mol. The molecule has 0 bridgehead atoms. The Bertz CT molecular complexity index is 1710. The third-order valence-electron chi connectivity index (χ3n) is 5.43. The molecule has 0 atom stereocenters. The van der Waals surface area contributed by atoms with Crippen molar-refractivity contribution in [1.29, 1.82) is 0 Å². The number of rotatable bonds is 6. The monoisotopic (exact) mass is 498 g/mol. The van der Waals surface area contributed by atoms with E-state index in [1.54, 1.807) is 41.1 Å². The highest BCUT2D eigenvalue weighted by molar-refractivity contribution is 7.99. The van der Waals surface area contributed by atoms with Crippen LogP contribution in [0.4, 0.5) is 10.2 Å². The highest BCUT2D eigenvalue weighted by atomic mass is 32.2. The third kappa shape index (κ3) is 3.90. The molecule has 180 valence electrons. The Hall–Kier alpha value is -4.20. The predicted octanol–water partition coefficient (Wildman–Crippen LogP) is 1.30. The van der Waals surface area contributed by atoms with Crippen molar-refractivity contribution < 1.29 is 13.7 Å². The Morgan fingerprint density at radius 3 is 2.57 bits per heavy atom. The molecular weight excluding hydrogens is 479 g/mol. The molecule has 0 radical (unpaired) electrons. The lowest BCUT2D eigenvalue weighted by atomic mass is 10.2. The molecule has 14 heteroatoms. The molecule has 1 aromatic carbocycles. The number of benzene rings is 1. The van der Waals surface area contributed by atoms with E-state index in [1.807, 2.05) is 0 Å². The highest BCUT2D eigenvalue weighted by Crippen LogP contribution is 2.24. The summed E-state index contributed by atoms with van der Waals surface area (Å²) < 4.78 is 23.9. The highest BCUT2D eigenvalue weighted by Gasteiger charge is 2.24. The van der Waals surface area contributed by atoms with Crippen LogP contribution in [-0.4, -0.2) is 45.1 Å². The number of amides is 1. The van der Waals surface area contributed by atoms with Crippen molar-refractivity contribution in [3.8, 4) is 0 Å². The summed E-state index contributed by atoms with van der Waals surface area (Å²) in [6, 6.07) is 7.45. The molecule has 35 heavy (non-hydrogen) atoms. The molecule has 0 saturated heterocycles. The normalized spacial score (nSPS) is 11.5. The van der Waals surface area contributed by atoms with Gasteiger partial charge in [-0.3, -0.25) is 23.3 Å². The van der Waals surface area contributed by atoms with E-state index in [1.165, 1.54) is 23.7 Å². The van der Waals surface area contributed by atoms with Crippen LogP contribution in [0.5, 0.6) is 0 Å². The molecule has 12 nitrogen and oxygen atoms in total. The first-order chi connectivity index (χ1) is 16.7. The maximum Gasteiger partial charge on any atom is 0.332 e. The van der Waals surface area contributed by atoms with Gasteiger partial charge in [-0.2, -0.15) is 0 Å². The second-order valence-corrected chi connectivity index (χ2v) is 8.81. The van der Waals surface area contributed by atoms with Gasteiger partial charge in [0.15, 0.2) is 22.1 Å². The van der Waals surface area contributed by atoms with Crippen LogP contribution in [0.25, 0.3) is 16.9 Å². The number of hydrogen-bond donors (Lipinski definition) is 1. The molecule has 0 aliphatic heterocycles. The van der Waals surface area contributed by atoms with E-state index >= 15 is 0 Å². The molecule has 0 fully saturated rings. The zero-order chi connectivity index (χ0) is 24.9. The van der Waals surface area contributed by atoms with E-state index in [0.717, 1.165) is 21.9 Å². The van der Waals surface area contributed by atoms with Crippen molar-refractivity contribution >= 4 is 40.4 Å². The van der Waals surface area contributed by atoms with Crippen molar-refractivity contribution in [2.45, 2.75) is 18.6 Å². The van der Waals surface area contributed by atoms with Gasteiger partial charge in [-0.25, -0.2) is 13.6 Å². The van der Waals surface area contributed by atoms with Crippen molar-refractivity contribution in [2.75, 3.05) is 11.1 Å². The lowest BCUT2D eigenvalue weighted by Crippen LogP contribution is -2.37. The van der Waals surface area contributed by atoms with Crippen molar-refractivity contribution in [2.24, 2.45) is 14.1 Å². The fraction of sp³-hybridized carbons (Fsp3) is 0.238. The van der Waals surface area contributed by atoms with Gasteiger partial charge in [0.05, 0.1) is 12.3 Å². The van der Waals surface area contributed by atoms with Crippen LogP contribution >= 0.6 is 11.8 Å². The largest absolute Gasteiger partial charge is 0.360 e. The van der Waals surface area contributed by atoms with E-state index < -0.39 is 11.2 Å². The second kappa shape index (κ2) is 8.54. The Labute approximate surface area is 200 Å². The minimum Gasteiger partial charge on any atom is -0.360 e. The van der Waals surface area contributed by atoms with Crippen molar-refractivity contribution in [1.82, 2.24) is 33.5 Å². The van der Waals surface area contributed by atoms with Gasteiger partial charge in [0.25, 0.3) is 5.56 Å². The summed E-state index contributed by atoms with van der Waals surface area (Å²) in [6.45, 7) is 1.90. The summed E-state index contributed by atoms with van der Waals surface area (Å²) in [5.41, 5.74) is 0.211. The number of carbonyl (C=O) groups is 1. The molecule has 0 spiro atoms. The SMILES string of the molecule is Cc1cc(NC(=O)CSc2nnc3n(Cc4ccc(F)cc4)c4c(=O)n(C)c(=O)n(C)c4n23)no1. The first-order valence-electron chi connectivity index (χ1n) is 10.4. The molecule has 5 aromatic rings. The number of carbonyl (C=O) groups excluding carboxylic acids is 1. The quantitative estimate of drug-likeness (QED) is 0.346. The summed E-state index contributed by atoms with van der Waals surface area (Å²) in [5.74, 6) is 0.396. The van der Waals surface area contributed by atoms with Crippen LogP contribution < -0.4 is 16.6 Å². The smallest absolute Gasteiger partial charge is 0.332 e. The van der Waals surface area contributed by atoms with Gasteiger partial charge in [-0.1, -0.05) is 29.1 Å². The summed E-state index contributed by atoms with van der Waals surface area (Å²) in [6.07, 6.45) is 0. The van der Waals surface area contributed by atoms with Gasteiger partial charge < -0.3 is 9.84 Å². The second-order valence-electron chi connectivity index (χ2n) is 7.87. The number of aromatic nitrogens is 7. The molecular formula is C21H19FN8O4S. The zero-order valence-corrected chi connectivity index (χ0v) is 19.7. The Kier molecular flexibility index (Phi) is 5.51. The number of nitrogens with zero attached hydrogens (tertiary/aromatic N) is 7. The van der Waals surface area contributed by atoms with E-state index in [2.05, 4.69) is 20.7 Å². The third-order valence-corrected chi connectivity index (χ3v) is 6.36. The van der Waals surface area contributed by atoms with E-state index in [9.17, 15) is 18.8 Å². The van der Waals surface area contributed by atoms with E-state index in [-0.39, 0.29) is 35.2 Å². The molecule has 0 unspecified atom stereocenters. The fourth-order valence-electron chi connectivity index (χ4n) is 3.78. The van der Waals surface area contributed by atoms with Crippen molar-refractivity contribution in [3.05, 3.63) is 68.3 Å². The topological polar surface area (TPSA) is 134 Å². The summed E-state index contributed by atoms with van der Waals surface area (Å²) in [4.78, 5) is 38.2. The van der Waals surface area contributed by atoms with Gasteiger partial charge in [0, 0.05) is 20.2 Å². The zero-order valence-electron chi connectivity index (χ0n) is 18.9. The van der Waals surface area contributed by atoms with Gasteiger partial charge in [-0.05, 0) is 24.6 Å². The van der Waals surface area contributed by atoms with Gasteiger partial charge in [-0.15, -0.1) is 10.2 Å². The van der Waals surface area contributed by atoms with Crippen LogP contribution in [0.3, 0.4) is 0 Å². The van der Waals surface area contributed by atoms with Crippen LogP contribution in [0.15, 0.2) is 49.6 Å². The number of nitrogens with one attached hydrogen (secondary N) is 1. The molecule has 4 heterocycles. The molecule has 1 amide bonds. The van der Waals surface area contributed by atoms with Crippen molar-refractivity contribution in [3.63, 3.8) is 0 Å². The number of anilines is 1. The van der Waals surface area contributed by atoms with Crippen LogP contribution in [0.2, 0.25) is 0 Å². The van der Waals surface area contributed by atoms with Gasteiger partial charge in [0.1, 0.15) is 11.6 Å². The molecule has 4 aromatic heterocycles. The molecule has 1 N–H and O–H groups in total.